The fourth-order valence-electron chi connectivity index (χ4n) is 3.35. The van der Waals surface area contributed by atoms with E-state index in [0.29, 0.717) is 43.4 Å². The van der Waals surface area contributed by atoms with E-state index >= 15 is 0 Å². The van der Waals surface area contributed by atoms with Gasteiger partial charge >= 0.3 is 0 Å². The third-order valence-corrected chi connectivity index (χ3v) is 5.18. The standard InChI is InChI=1S/C23H27FN2O3/c1-16(2)18-6-10-21(11-7-18)29-17(3)22(27)25-12-14-26(15-13-25)23(28)19-4-8-20(24)9-5-19/h4-11,16-17H,12-15H2,1-3H3. The molecule has 2 aromatic carbocycles. The minimum Gasteiger partial charge on any atom is -0.481 e. The van der Waals surface area contributed by atoms with Gasteiger partial charge in [-0.3, -0.25) is 9.59 Å². The van der Waals surface area contributed by atoms with Gasteiger partial charge in [-0.25, -0.2) is 4.39 Å². The van der Waals surface area contributed by atoms with Gasteiger partial charge in [0.1, 0.15) is 11.6 Å². The van der Waals surface area contributed by atoms with Gasteiger partial charge in [-0.05, 0) is 54.8 Å². The van der Waals surface area contributed by atoms with Crippen molar-refractivity contribution in [1.82, 2.24) is 9.80 Å². The maximum atomic E-state index is 13.0. The Bertz CT molecular complexity index is 841. The van der Waals surface area contributed by atoms with Crippen molar-refractivity contribution >= 4 is 11.8 Å². The molecule has 154 valence electrons. The van der Waals surface area contributed by atoms with Gasteiger partial charge in [-0.15, -0.1) is 0 Å². The quantitative estimate of drug-likeness (QED) is 0.772. The van der Waals surface area contributed by atoms with Crippen LogP contribution in [0.5, 0.6) is 5.75 Å². The maximum Gasteiger partial charge on any atom is 0.263 e. The Kier molecular flexibility index (Phi) is 6.52. The number of carbonyl (C=O) groups is 2. The van der Waals surface area contributed by atoms with Crippen LogP contribution in [-0.4, -0.2) is 53.9 Å². The van der Waals surface area contributed by atoms with Crippen molar-refractivity contribution < 1.29 is 18.7 Å². The second-order valence-corrected chi connectivity index (χ2v) is 7.61. The van der Waals surface area contributed by atoms with Crippen LogP contribution >= 0.6 is 0 Å². The predicted octanol–water partition coefficient (Wildman–Crippen LogP) is 3.70. The van der Waals surface area contributed by atoms with E-state index in [9.17, 15) is 14.0 Å². The number of rotatable bonds is 5. The summed E-state index contributed by atoms with van der Waals surface area (Å²) in [5, 5.41) is 0. The van der Waals surface area contributed by atoms with Crippen molar-refractivity contribution in [2.75, 3.05) is 26.2 Å². The zero-order valence-corrected chi connectivity index (χ0v) is 17.1. The smallest absolute Gasteiger partial charge is 0.263 e. The van der Waals surface area contributed by atoms with Crippen LogP contribution in [0, 0.1) is 5.82 Å². The van der Waals surface area contributed by atoms with Crippen LogP contribution in [0.25, 0.3) is 0 Å². The number of carbonyl (C=O) groups excluding carboxylic acids is 2. The summed E-state index contributed by atoms with van der Waals surface area (Å²) in [4.78, 5) is 28.6. The van der Waals surface area contributed by atoms with Crippen LogP contribution in [-0.2, 0) is 4.79 Å². The van der Waals surface area contributed by atoms with Gasteiger partial charge in [0.05, 0.1) is 0 Å². The highest BCUT2D eigenvalue weighted by Crippen LogP contribution is 2.20. The number of halogens is 1. The van der Waals surface area contributed by atoms with E-state index in [1.54, 1.807) is 16.7 Å². The molecule has 6 heteroatoms. The molecule has 1 aliphatic rings. The molecule has 1 atom stereocenters. The summed E-state index contributed by atoms with van der Waals surface area (Å²) < 4.78 is 18.9. The third-order valence-electron chi connectivity index (χ3n) is 5.18. The molecule has 0 radical (unpaired) electrons. The summed E-state index contributed by atoms with van der Waals surface area (Å²) in [5.41, 5.74) is 1.67. The number of piperazine rings is 1. The molecule has 0 saturated carbocycles. The second kappa shape index (κ2) is 9.07. The first-order valence-corrected chi connectivity index (χ1v) is 9.95. The lowest BCUT2D eigenvalue weighted by Gasteiger charge is -2.36. The van der Waals surface area contributed by atoms with Gasteiger partial charge in [0.2, 0.25) is 0 Å². The molecule has 2 aromatic rings. The molecule has 5 nitrogen and oxygen atoms in total. The Balaban J connectivity index is 1.52. The second-order valence-electron chi connectivity index (χ2n) is 7.61. The number of hydrogen-bond acceptors (Lipinski definition) is 3. The zero-order chi connectivity index (χ0) is 21.0. The average Bonchev–Trinajstić information content (AvgIpc) is 2.73. The van der Waals surface area contributed by atoms with Crippen LogP contribution in [0.15, 0.2) is 48.5 Å². The number of benzene rings is 2. The van der Waals surface area contributed by atoms with Crippen LogP contribution in [0.1, 0.15) is 42.6 Å². The average molecular weight is 398 g/mol. The van der Waals surface area contributed by atoms with E-state index in [2.05, 4.69) is 13.8 Å². The summed E-state index contributed by atoms with van der Waals surface area (Å²) >= 11 is 0. The monoisotopic (exact) mass is 398 g/mol. The first kappa shape index (κ1) is 20.8. The molecule has 0 aliphatic carbocycles. The summed E-state index contributed by atoms with van der Waals surface area (Å²) in [6.45, 7) is 7.78. The minimum absolute atomic E-state index is 0.0909. The lowest BCUT2D eigenvalue weighted by Crippen LogP contribution is -2.53. The Morgan fingerprint density at radius 1 is 0.862 bits per heavy atom. The highest BCUT2D eigenvalue weighted by molar-refractivity contribution is 5.94. The van der Waals surface area contributed by atoms with Crippen molar-refractivity contribution in [2.24, 2.45) is 0 Å². The van der Waals surface area contributed by atoms with E-state index < -0.39 is 6.10 Å². The topological polar surface area (TPSA) is 49.9 Å². The van der Waals surface area contributed by atoms with Gasteiger partial charge in [-0.1, -0.05) is 26.0 Å². The lowest BCUT2D eigenvalue weighted by molar-refractivity contribution is -0.139. The van der Waals surface area contributed by atoms with E-state index in [1.165, 1.54) is 29.8 Å². The third kappa shape index (κ3) is 5.13. The molecule has 1 unspecified atom stereocenters. The zero-order valence-electron chi connectivity index (χ0n) is 17.1. The first-order valence-electron chi connectivity index (χ1n) is 9.95. The van der Waals surface area contributed by atoms with Gasteiger partial charge in [0, 0.05) is 31.7 Å². The van der Waals surface area contributed by atoms with Crippen LogP contribution in [0.2, 0.25) is 0 Å². The number of amides is 2. The molecule has 0 bridgehead atoms. The molecule has 0 aromatic heterocycles. The summed E-state index contributed by atoms with van der Waals surface area (Å²) in [7, 11) is 0. The van der Waals surface area contributed by atoms with E-state index in [0.717, 1.165) is 0 Å². The van der Waals surface area contributed by atoms with E-state index in [-0.39, 0.29) is 17.6 Å². The van der Waals surface area contributed by atoms with Gasteiger partial charge < -0.3 is 14.5 Å². The Morgan fingerprint density at radius 3 is 1.97 bits per heavy atom. The van der Waals surface area contributed by atoms with Crippen molar-refractivity contribution in [1.29, 1.82) is 0 Å². The molecule has 2 amide bonds. The fourth-order valence-corrected chi connectivity index (χ4v) is 3.35. The Labute approximate surface area is 171 Å². The number of hydrogen-bond donors (Lipinski definition) is 0. The largest absolute Gasteiger partial charge is 0.481 e. The van der Waals surface area contributed by atoms with Gasteiger partial charge in [0.15, 0.2) is 6.10 Å². The predicted molar refractivity (Wildman–Crippen MR) is 110 cm³/mol. The van der Waals surface area contributed by atoms with Crippen LogP contribution in [0.3, 0.4) is 0 Å². The maximum absolute atomic E-state index is 13.0. The van der Waals surface area contributed by atoms with Gasteiger partial charge in [0.25, 0.3) is 11.8 Å². The SMILES string of the molecule is CC(Oc1ccc(C(C)C)cc1)C(=O)N1CCN(C(=O)c2ccc(F)cc2)CC1. The summed E-state index contributed by atoms with van der Waals surface area (Å²) in [6, 6.07) is 13.3. The molecule has 1 saturated heterocycles. The number of ether oxygens (including phenoxy) is 1. The van der Waals surface area contributed by atoms with Crippen molar-refractivity contribution in [3.63, 3.8) is 0 Å². The molecule has 1 heterocycles. The number of nitrogens with zero attached hydrogens (tertiary/aromatic N) is 2. The van der Waals surface area contributed by atoms with Crippen molar-refractivity contribution in [3.05, 3.63) is 65.5 Å². The fraction of sp³-hybridized carbons (Fsp3) is 0.391. The summed E-state index contributed by atoms with van der Waals surface area (Å²) in [5.74, 6) is 0.501. The van der Waals surface area contributed by atoms with Crippen molar-refractivity contribution in [3.8, 4) is 5.75 Å². The highest BCUT2D eigenvalue weighted by Gasteiger charge is 2.28. The Hall–Kier alpha value is -2.89. The van der Waals surface area contributed by atoms with Gasteiger partial charge in [-0.2, -0.15) is 0 Å². The van der Waals surface area contributed by atoms with Crippen molar-refractivity contribution in [2.45, 2.75) is 32.8 Å². The molecular formula is C23H27FN2O3. The van der Waals surface area contributed by atoms with E-state index in [1.807, 2.05) is 24.3 Å². The molecular weight excluding hydrogens is 371 g/mol. The molecule has 1 fully saturated rings. The normalized spacial score (nSPS) is 15.3. The van der Waals surface area contributed by atoms with E-state index in [4.69, 9.17) is 4.74 Å². The lowest BCUT2D eigenvalue weighted by atomic mass is 10.0. The molecule has 1 aliphatic heterocycles. The molecule has 3 rings (SSSR count). The van der Waals surface area contributed by atoms with Crippen LogP contribution in [0.4, 0.5) is 4.39 Å². The highest BCUT2D eigenvalue weighted by atomic mass is 19.1. The molecule has 0 N–H and O–H groups in total. The molecule has 0 spiro atoms. The summed E-state index contributed by atoms with van der Waals surface area (Å²) in [6.07, 6.45) is -0.598. The molecule has 29 heavy (non-hydrogen) atoms. The Morgan fingerprint density at radius 2 is 1.41 bits per heavy atom. The minimum atomic E-state index is -0.598. The first-order chi connectivity index (χ1) is 13.8. The van der Waals surface area contributed by atoms with Crippen LogP contribution < -0.4 is 4.74 Å².